The molecule has 0 aliphatic heterocycles. The van der Waals surface area contributed by atoms with Gasteiger partial charge in [0.25, 0.3) is 0 Å². The van der Waals surface area contributed by atoms with Gasteiger partial charge < -0.3 is 10.4 Å². The molecule has 0 saturated carbocycles. The van der Waals surface area contributed by atoms with E-state index in [-0.39, 0.29) is 24.4 Å². The van der Waals surface area contributed by atoms with Crippen LogP contribution in [0.15, 0.2) is 48.5 Å². The molecule has 1 amide bonds. The molecule has 2 aromatic rings. The van der Waals surface area contributed by atoms with Crippen LogP contribution in [0.1, 0.15) is 22.8 Å². The lowest BCUT2D eigenvalue weighted by atomic mass is 10.1. The maximum Gasteiger partial charge on any atom is 0.416 e. The number of halogens is 4. The highest BCUT2D eigenvalue weighted by atomic mass is 19.4. The van der Waals surface area contributed by atoms with Crippen LogP contribution in [0.2, 0.25) is 0 Å². The van der Waals surface area contributed by atoms with E-state index in [4.69, 9.17) is 0 Å². The molecule has 0 bridgehead atoms. The molecule has 0 aromatic heterocycles. The predicted molar refractivity (Wildman–Crippen MR) is 79.5 cm³/mol. The molecule has 0 radical (unpaired) electrons. The summed E-state index contributed by atoms with van der Waals surface area (Å²) in [7, 11) is 0. The van der Waals surface area contributed by atoms with E-state index < -0.39 is 23.7 Å². The van der Waals surface area contributed by atoms with E-state index in [2.05, 4.69) is 5.32 Å². The molecule has 2 N–H and O–H groups in total. The molecule has 2 aromatic carbocycles. The first-order chi connectivity index (χ1) is 11.3. The summed E-state index contributed by atoms with van der Waals surface area (Å²) in [6, 6.07) is 9.50. The zero-order chi connectivity index (χ0) is 17.7. The number of amides is 1. The number of hydrogen-bond acceptors (Lipinski definition) is 2. The zero-order valence-electron chi connectivity index (χ0n) is 12.5. The number of aliphatic hydroxyl groups is 1. The second-order valence-electron chi connectivity index (χ2n) is 5.24. The SMILES string of the molecule is O=C(Cc1ccc(F)cc1)NC[C@H](O)c1ccc(C(F)(F)F)cc1. The molecule has 0 unspecified atom stereocenters. The van der Waals surface area contributed by atoms with E-state index >= 15 is 0 Å². The summed E-state index contributed by atoms with van der Waals surface area (Å²) < 4.78 is 50.2. The molecule has 0 spiro atoms. The Hall–Kier alpha value is -2.41. The highest BCUT2D eigenvalue weighted by Gasteiger charge is 2.30. The van der Waals surface area contributed by atoms with Crippen LogP contribution in [0.5, 0.6) is 0 Å². The second-order valence-corrected chi connectivity index (χ2v) is 5.24. The van der Waals surface area contributed by atoms with Gasteiger partial charge in [-0.05, 0) is 35.4 Å². The van der Waals surface area contributed by atoms with Gasteiger partial charge in [-0.15, -0.1) is 0 Å². The Morgan fingerprint density at radius 1 is 1.04 bits per heavy atom. The molecule has 0 aliphatic carbocycles. The van der Waals surface area contributed by atoms with Gasteiger partial charge in [0.15, 0.2) is 0 Å². The molecule has 24 heavy (non-hydrogen) atoms. The van der Waals surface area contributed by atoms with Crippen LogP contribution in [-0.4, -0.2) is 17.6 Å². The van der Waals surface area contributed by atoms with Crippen molar-refractivity contribution in [2.45, 2.75) is 18.7 Å². The van der Waals surface area contributed by atoms with Crippen molar-refractivity contribution in [3.8, 4) is 0 Å². The average molecular weight is 341 g/mol. The molecular formula is C17H15F4NO2. The van der Waals surface area contributed by atoms with Gasteiger partial charge in [0.05, 0.1) is 18.1 Å². The summed E-state index contributed by atoms with van der Waals surface area (Å²) >= 11 is 0. The molecule has 2 rings (SSSR count). The van der Waals surface area contributed by atoms with Crippen LogP contribution in [0.3, 0.4) is 0 Å². The number of nitrogens with one attached hydrogen (secondary N) is 1. The minimum atomic E-state index is -4.44. The predicted octanol–water partition coefficient (Wildman–Crippen LogP) is 3.24. The third-order valence-electron chi connectivity index (χ3n) is 3.39. The molecule has 7 heteroatoms. The molecule has 1 atom stereocenters. The fourth-order valence-electron chi connectivity index (χ4n) is 2.07. The molecule has 3 nitrogen and oxygen atoms in total. The van der Waals surface area contributed by atoms with E-state index in [1.54, 1.807) is 0 Å². The van der Waals surface area contributed by atoms with Gasteiger partial charge >= 0.3 is 6.18 Å². The van der Waals surface area contributed by atoms with Gasteiger partial charge in [0.2, 0.25) is 5.91 Å². The molecule has 0 fully saturated rings. The summed E-state index contributed by atoms with van der Waals surface area (Å²) in [6.07, 6.45) is -5.54. The summed E-state index contributed by atoms with van der Waals surface area (Å²) in [5, 5.41) is 12.4. The van der Waals surface area contributed by atoms with Gasteiger partial charge in [0, 0.05) is 6.54 Å². The van der Waals surface area contributed by atoms with Crippen LogP contribution in [0, 0.1) is 5.82 Å². The van der Waals surface area contributed by atoms with Gasteiger partial charge in [0.1, 0.15) is 5.82 Å². The summed E-state index contributed by atoms with van der Waals surface area (Å²) in [4.78, 5) is 11.8. The number of carbonyl (C=O) groups is 1. The zero-order valence-corrected chi connectivity index (χ0v) is 12.5. The number of carbonyl (C=O) groups excluding carboxylic acids is 1. The Morgan fingerprint density at radius 2 is 1.62 bits per heavy atom. The first-order valence-electron chi connectivity index (χ1n) is 7.12. The average Bonchev–Trinajstić information content (AvgIpc) is 2.54. The van der Waals surface area contributed by atoms with Crippen LogP contribution >= 0.6 is 0 Å². The number of alkyl halides is 3. The van der Waals surface area contributed by atoms with Crippen molar-refractivity contribution in [3.63, 3.8) is 0 Å². The van der Waals surface area contributed by atoms with Crippen molar-refractivity contribution < 1.29 is 27.5 Å². The van der Waals surface area contributed by atoms with E-state index in [0.717, 1.165) is 12.1 Å². The summed E-state index contributed by atoms with van der Waals surface area (Å²) in [6.45, 7) is -0.134. The topological polar surface area (TPSA) is 49.3 Å². The van der Waals surface area contributed by atoms with Crippen molar-refractivity contribution in [1.29, 1.82) is 0 Å². The fraction of sp³-hybridized carbons (Fsp3) is 0.235. The fourth-order valence-corrected chi connectivity index (χ4v) is 2.07. The molecular weight excluding hydrogens is 326 g/mol. The monoisotopic (exact) mass is 341 g/mol. The molecule has 0 saturated heterocycles. The Labute approximate surface area is 135 Å². The Balaban J connectivity index is 1.87. The first-order valence-corrected chi connectivity index (χ1v) is 7.12. The van der Waals surface area contributed by atoms with Crippen molar-refractivity contribution in [3.05, 3.63) is 71.0 Å². The summed E-state index contributed by atoms with van der Waals surface area (Å²) in [5.74, 6) is -0.788. The second kappa shape index (κ2) is 7.44. The van der Waals surface area contributed by atoms with E-state index in [1.165, 1.54) is 36.4 Å². The minimum Gasteiger partial charge on any atom is -0.387 e. The number of rotatable bonds is 5. The third kappa shape index (κ3) is 5.06. The Kier molecular flexibility index (Phi) is 5.56. The highest BCUT2D eigenvalue weighted by Crippen LogP contribution is 2.29. The maximum absolute atomic E-state index is 12.8. The normalized spacial score (nSPS) is 12.7. The van der Waals surface area contributed by atoms with Gasteiger partial charge in [-0.3, -0.25) is 4.79 Å². The van der Waals surface area contributed by atoms with Gasteiger partial charge in [-0.25, -0.2) is 4.39 Å². The maximum atomic E-state index is 12.8. The van der Waals surface area contributed by atoms with Crippen molar-refractivity contribution in [1.82, 2.24) is 5.32 Å². The number of aliphatic hydroxyl groups excluding tert-OH is 1. The van der Waals surface area contributed by atoms with Crippen LogP contribution in [0.25, 0.3) is 0 Å². The number of benzene rings is 2. The minimum absolute atomic E-state index is 0.0139. The third-order valence-corrected chi connectivity index (χ3v) is 3.39. The van der Waals surface area contributed by atoms with Crippen LogP contribution in [0.4, 0.5) is 17.6 Å². The van der Waals surface area contributed by atoms with Crippen molar-refractivity contribution in [2.24, 2.45) is 0 Å². The van der Waals surface area contributed by atoms with Crippen molar-refractivity contribution in [2.75, 3.05) is 6.54 Å². The number of hydrogen-bond donors (Lipinski definition) is 2. The van der Waals surface area contributed by atoms with Crippen molar-refractivity contribution >= 4 is 5.91 Å². The standard InChI is InChI=1S/C17H15F4NO2/c18-14-7-1-11(2-8-14)9-16(24)22-10-15(23)12-3-5-13(6-4-12)17(19,20)21/h1-8,15,23H,9-10H2,(H,22,24)/t15-/m0/s1. The van der Waals surface area contributed by atoms with Gasteiger partial charge in [-0.2, -0.15) is 13.2 Å². The molecule has 0 heterocycles. The van der Waals surface area contributed by atoms with E-state index in [0.29, 0.717) is 5.56 Å². The molecule has 0 aliphatic rings. The lowest BCUT2D eigenvalue weighted by molar-refractivity contribution is -0.137. The van der Waals surface area contributed by atoms with Crippen LogP contribution in [-0.2, 0) is 17.4 Å². The smallest absolute Gasteiger partial charge is 0.387 e. The lowest BCUT2D eigenvalue weighted by Gasteiger charge is -2.14. The molecule has 128 valence electrons. The van der Waals surface area contributed by atoms with E-state index in [9.17, 15) is 27.5 Å². The van der Waals surface area contributed by atoms with E-state index in [1.807, 2.05) is 0 Å². The van der Waals surface area contributed by atoms with Crippen LogP contribution < -0.4 is 5.32 Å². The largest absolute Gasteiger partial charge is 0.416 e. The summed E-state index contributed by atoms with van der Waals surface area (Å²) in [5.41, 5.74) is 0.0711. The lowest BCUT2D eigenvalue weighted by Crippen LogP contribution is -2.29. The first kappa shape index (κ1) is 17.9. The quantitative estimate of drug-likeness (QED) is 0.821. The Bertz CT molecular complexity index is 681. The van der Waals surface area contributed by atoms with Gasteiger partial charge in [-0.1, -0.05) is 24.3 Å². The Morgan fingerprint density at radius 3 is 2.17 bits per heavy atom. The highest BCUT2D eigenvalue weighted by molar-refractivity contribution is 5.78.